The highest BCUT2D eigenvalue weighted by Gasteiger charge is 2.21. The molecule has 0 radical (unpaired) electrons. The molecule has 1 aliphatic rings. The highest BCUT2D eigenvalue weighted by atomic mass is 16.2. The Kier molecular flexibility index (Phi) is 4.93. The number of nitrogens with two attached hydrogens (primary N) is 1. The van der Waals surface area contributed by atoms with Crippen LogP contribution in [0.3, 0.4) is 0 Å². The van der Waals surface area contributed by atoms with Gasteiger partial charge in [0, 0.05) is 12.6 Å². The lowest BCUT2D eigenvalue weighted by Crippen LogP contribution is -2.51. The molecule has 1 aromatic carbocycles. The van der Waals surface area contributed by atoms with Crippen LogP contribution < -0.4 is 11.1 Å². The van der Waals surface area contributed by atoms with Crippen molar-refractivity contribution in [2.75, 3.05) is 20.1 Å². The van der Waals surface area contributed by atoms with Crippen LogP contribution in [0.25, 0.3) is 0 Å². The van der Waals surface area contributed by atoms with Crippen molar-refractivity contribution in [1.29, 1.82) is 0 Å². The Morgan fingerprint density at radius 3 is 2.89 bits per heavy atom. The van der Waals surface area contributed by atoms with E-state index in [1.807, 2.05) is 30.3 Å². The molecule has 1 aromatic rings. The van der Waals surface area contributed by atoms with Crippen LogP contribution in [0.2, 0.25) is 0 Å². The Morgan fingerprint density at radius 2 is 2.21 bits per heavy atom. The number of likely N-dealkylation sites (tertiary alicyclic amines) is 1. The van der Waals surface area contributed by atoms with E-state index in [4.69, 9.17) is 5.73 Å². The number of amides is 1. The van der Waals surface area contributed by atoms with E-state index in [1.165, 1.54) is 0 Å². The predicted octanol–water partition coefficient (Wildman–Crippen LogP) is 0.767. The quantitative estimate of drug-likeness (QED) is 0.841. The van der Waals surface area contributed by atoms with Crippen LogP contribution in [0.5, 0.6) is 0 Å². The molecule has 1 aliphatic heterocycles. The molecule has 2 atom stereocenters. The van der Waals surface area contributed by atoms with E-state index in [0.29, 0.717) is 6.42 Å². The fraction of sp³-hybridized carbons (Fsp3) is 0.533. The number of piperidine rings is 1. The van der Waals surface area contributed by atoms with E-state index in [2.05, 4.69) is 17.3 Å². The summed E-state index contributed by atoms with van der Waals surface area (Å²) in [6.07, 6.45) is 2.78. The zero-order chi connectivity index (χ0) is 13.7. The van der Waals surface area contributed by atoms with E-state index in [9.17, 15) is 4.79 Å². The first-order chi connectivity index (χ1) is 9.15. The number of carbonyl (C=O) groups excluding carboxylic acids is 1. The number of nitrogens with one attached hydrogen (secondary N) is 1. The third-order valence-electron chi connectivity index (χ3n) is 3.61. The van der Waals surface area contributed by atoms with Gasteiger partial charge in [0.05, 0.1) is 6.04 Å². The average Bonchev–Trinajstić information content (AvgIpc) is 2.40. The molecule has 1 saturated heterocycles. The molecule has 3 N–H and O–H groups in total. The molecule has 1 heterocycles. The summed E-state index contributed by atoms with van der Waals surface area (Å²) in [4.78, 5) is 14.3. The van der Waals surface area contributed by atoms with Gasteiger partial charge in [0.15, 0.2) is 0 Å². The molecular weight excluding hydrogens is 238 g/mol. The standard InChI is InChI=1S/C15H23N3O/c1-18-9-5-8-13(11-18)17-15(19)14(16)10-12-6-3-2-4-7-12/h2-4,6-7,13-14H,5,8-11,16H2,1H3,(H,17,19)/t13?,14-/m1/s1. The Bertz CT molecular complexity index is 407. The molecule has 1 fully saturated rings. The largest absolute Gasteiger partial charge is 0.351 e. The van der Waals surface area contributed by atoms with Crippen molar-refractivity contribution < 1.29 is 4.79 Å². The first kappa shape index (κ1) is 14.0. The van der Waals surface area contributed by atoms with Crippen LogP contribution >= 0.6 is 0 Å². The summed E-state index contributed by atoms with van der Waals surface area (Å²) in [5.74, 6) is -0.0378. The van der Waals surface area contributed by atoms with Crippen molar-refractivity contribution >= 4 is 5.91 Å². The molecule has 19 heavy (non-hydrogen) atoms. The van der Waals surface area contributed by atoms with Gasteiger partial charge in [-0.15, -0.1) is 0 Å². The molecule has 0 spiro atoms. The van der Waals surface area contributed by atoms with Gasteiger partial charge < -0.3 is 16.0 Å². The Morgan fingerprint density at radius 1 is 1.47 bits per heavy atom. The van der Waals surface area contributed by atoms with Crippen molar-refractivity contribution in [3.05, 3.63) is 35.9 Å². The van der Waals surface area contributed by atoms with Gasteiger partial charge in [0.25, 0.3) is 0 Å². The number of rotatable bonds is 4. The Balaban J connectivity index is 1.82. The molecule has 104 valence electrons. The van der Waals surface area contributed by atoms with Crippen molar-refractivity contribution in [3.8, 4) is 0 Å². The molecular formula is C15H23N3O. The van der Waals surface area contributed by atoms with Gasteiger partial charge in [0.1, 0.15) is 0 Å². The van der Waals surface area contributed by atoms with Gasteiger partial charge in [-0.3, -0.25) is 4.79 Å². The lowest BCUT2D eigenvalue weighted by atomic mass is 10.0. The zero-order valence-electron chi connectivity index (χ0n) is 11.5. The minimum absolute atomic E-state index is 0.0378. The monoisotopic (exact) mass is 261 g/mol. The van der Waals surface area contributed by atoms with Gasteiger partial charge in [-0.05, 0) is 38.4 Å². The average molecular weight is 261 g/mol. The lowest BCUT2D eigenvalue weighted by molar-refractivity contribution is -0.123. The molecule has 4 heteroatoms. The molecule has 0 bridgehead atoms. The number of carbonyl (C=O) groups is 1. The van der Waals surface area contributed by atoms with Crippen LogP contribution in [-0.2, 0) is 11.2 Å². The van der Waals surface area contributed by atoms with E-state index in [1.54, 1.807) is 0 Å². The van der Waals surface area contributed by atoms with Crippen molar-refractivity contribution in [1.82, 2.24) is 10.2 Å². The van der Waals surface area contributed by atoms with E-state index in [-0.39, 0.29) is 11.9 Å². The predicted molar refractivity (Wildman–Crippen MR) is 76.8 cm³/mol. The number of likely N-dealkylation sites (N-methyl/N-ethyl adjacent to an activating group) is 1. The number of benzene rings is 1. The normalized spacial score (nSPS) is 21.9. The second kappa shape index (κ2) is 6.68. The second-order valence-corrected chi connectivity index (χ2v) is 5.41. The topological polar surface area (TPSA) is 58.4 Å². The molecule has 0 aromatic heterocycles. The summed E-state index contributed by atoms with van der Waals surface area (Å²) in [5.41, 5.74) is 7.08. The third kappa shape index (κ3) is 4.33. The number of hydrogen-bond donors (Lipinski definition) is 2. The van der Waals surface area contributed by atoms with Crippen LogP contribution in [-0.4, -0.2) is 43.0 Å². The van der Waals surface area contributed by atoms with Crippen LogP contribution in [0.15, 0.2) is 30.3 Å². The van der Waals surface area contributed by atoms with E-state index < -0.39 is 6.04 Å². The Hall–Kier alpha value is -1.39. The fourth-order valence-corrected chi connectivity index (χ4v) is 2.55. The van der Waals surface area contributed by atoms with Gasteiger partial charge in [-0.25, -0.2) is 0 Å². The second-order valence-electron chi connectivity index (χ2n) is 5.41. The maximum absolute atomic E-state index is 12.1. The minimum Gasteiger partial charge on any atom is -0.351 e. The Labute approximate surface area is 115 Å². The van der Waals surface area contributed by atoms with E-state index >= 15 is 0 Å². The zero-order valence-corrected chi connectivity index (χ0v) is 11.5. The van der Waals surface area contributed by atoms with Crippen LogP contribution in [0.1, 0.15) is 18.4 Å². The van der Waals surface area contributed by atoms with Crippen molar-refractivity contribution in [3.63, 3.8) is 0 Å². The first-order valence-corrected chi connectivity index (χ1v) is 6.93. The number of hydrogen-bond acceptors (Lipinski definition) is 3. The summed E-state index contributed by atoms with van der Waals surface area (Å²) in [6.45, 7) is 2.03. The van der Waals surface area contributed by atoms with Gasteiger partial charge >= 0.3 is 0 Å². The lowest BCUT2D eigenvalue weighted by Gasteiger charge is -2.30. The van der Waals surface area contributed by atoms with Gasteiger partial charge in [-0.2, -0.15) is 0 Å². The highest BCUT2D eigenvalue weighted by molar-refractivity contribution is 5.82. The summed E-state index contributed by atoms with van der Waals surface area (Å²) < 4.78 is 0. The van der Waals surface area contributed by atoms with E-state index in [0.717, 1.165) is 31.5 Å². The maximum atomic E-state index is 12.1. The van der Waals surface area contributed by atoms with Crippen molar-refractivity contribution in [2.24, 2.45) is 5.73 Å². The van der Waals surface area contributed by atoms with Crippen LogP contribution in [0.4, 0.5) is 0 Å². The smallest absolute Gasteiger partial charge is 0.237 e. The summed E-state index contributed by atoms with van der Waals surface area (Å²) >= 11 is 0. The SMILES string of the molecule is CN1CCCC(NC(=O)[C@H](N)Cc2ccccc2)C1. The number of nitrogens with zero attached hydrogens (tertiary/aromatic N) is 1. The minimum atomic E-state index is -0.463. The molecule has 0 aliphatic carbocycles. The fourth-order valence-electron chi connectivity index (χ4n) is 2.55. The van der Waals surface area contributed by atoms with Gasteiger partial charge in [0.2, 0.25) is 5.91 Å². The van der Waals surface area contributed by atoms with Crippen molar-refractivity contribution in [2.45, 2.75) is 31.3 Å². The summed E-state index contributed by atoms with van der Waals surface area (Å²) in [5, 5.41) is 3.06. The maximum Gasteiger partial charge on any atom is 0.237 e. The molecule has 2 rings (SSSR count). The highest BCUT2D eigenvalue weighted by Crippen LogP contribution is 2.08. The van der Waals surface area contributed by atoms with Gasteiger partial charge in [-0.1, -0.05) is 30.3 Å². The summed E-state index contributed by atoms with van der Waals surface area (Å²) in [7, 11) is 2.09. The van der Waals surface area contributed by atoms with Crippen LogP contribution in [0, 0.1) is 0 Å². The first-order valence-electron chi connectivity index (χ1n) is 6.93. The summed E-state index contributed by atoms with van der Waals surface area (Å²) in [6, 6.07) is 9.69. The molecule has 1 unspecified atom stereocenters. The molecule has 0 saturated carbocycles. The molecule has 4 nitrogen and oxygen atoms in total. The molecule has 1 amide bonds. The third-order valence-corrected chi connectivity index (χ3v) is 3.61.